The zero-order valence-electron chi connectivity index (χ0n) is 13.7. The lowest BCUT2D eigenvalue weighted by molar-refractivity contribution is 0.0496. The van der Waals surface area contributed by atoms with Crippen molar-refractivity contribution in [2.75, 3.05) is 13.9 Å². The molecule has 0 aromatic heterocycles. The fourth-order valence-electron chi connectivity index (χ4n) is 2.83. The molecule has 3 rings (SSSR count). The molecule has 0 unspecified atom stereocenters. The van der Waals surface area contributed by atoms with Gasteiger partial charge in [0.15, 0.2) is 6.79 Å². The van der Waals surface area contributed by atoms with Crippen molar-refractivity contribution in [3.63, 3.8) is 0 Å². The summed E-state index contributed by atoms with van der Waals surface area (Å²) in [5, 5.41) is 3.79. The second-order valence-electron chi connectivity index (χ2n) is 5.41. The molecule has 2 nitrogen and oxygen atoms in total. The van der Waals surface area contributed by atoms with Crippen molar-refractivity contribution in [2.24, 2.45) is 0 Å². The van der Waals surface area contributed by atoms with E-state index in [0.29, 0.717) is 0 Å². The van der Waals surface area contributed by atoms with E-state index in [1.165, 1.54) is 15.9 Å². The summed E-state index contributed by atoms with van der Waals surface area (Å²) in [5.41, 5.74) is 0. The first-order valence-corrected chi connectivity index (χ1v) is 9.74. The molecule has 3 heteroatoms. The molecule has 0 spiro atoms. The minimum Gasteiger partial charge on any atom is -0.358 e. The van der Waals surface area contributed by atoms with Crippen LogP contribution in [-0.2, 0) is 9.47 Å². The first-order valence-electron chi connectivity index (χ1n) is 7.88. The Bertz CT molecular complexity index is 696. The zero-order chi connectivity index (χ0) is 16.7. The summed E-state index contributed by atoms with van der Waals surface area (Å²) < 4.78 is 10.9. The molecule has 3 aromatic carbocycles. The molecule has 0 atom stereocenters. The normalized spacial score (nSPS) is 11.2. The maximum absolute atomic E-state index is 5.81. The van der Waals surface area contributed by atoms with Gasteiger partial charge in [0.1, 0.15) is 0 Å². The molecule has 0 amide bonds. The van der Waals surface area contributed by atoms with E-state index in [0.717, 1.165) is 0 Å². The smallest absolute Gasteiger partial charge is 0.151 e. The maximum atomic E-state index is 5.81. The Kier molecular flexibility index (Phi) is 5.66. The third-order valence-corrected chi connectivity index (χ3v) is 7.71. The van der Waals surface area contributed by atoms with Gasteiger partial charge in [-0.2, -0.15) is 0 Å². The molecule has 0 saturated carbocycles. The van der Waals surface area contributed by atoms with E-state index in [1.54, 1.807) is 7.11 Å². The van der Waals surface area contributed by atoms with E-state index >= 15 is 0 Å². The fourth-order valence-corrected chi connectivity index (χ4v) is 6.30. The molecule has 3 aromatic rings. The van der Waals surface area contributed by atoms with Crippen LogP contribution in [0.3, 0.4) is 0 Å². The largest absolute Gasteiger partial charge is 0.358 e. The predicted molar refractivity (Wildman–Crippen MR) is 104 cm³/mol. The van der Waals surface area contributed by atoms with Gasteiger partial charge in [-0.25, -0.2) is 0 Å². The van der Waals surface area contributed by atoms with Gasteiger partial charge in [0.25, 0.3) is 0 Å². The fraction of sp³-hybridized carbons (Fsp3) is 0.0952. The molecule has 0 aliphatic carbocycles. The summed E-state index contributed by atoms with van der Waals surface area (Å²) >= 11 is 0. The summed E-state index contributed by atoms with van der Waals surface area (Å²) in [7, 11) is 1.64. The number of hydrogen-bond donors (Lipinski definition) is 0. The van der Waals surface area contributed by atoms with Crippen molar-refractivity contribution in [1.29, 1.82) is 0 Å². The van der Waals surface area contributed by atoms with Crippen LogP contribution in [0, 0.1) is 0 Å². The summed E-state index contributed by atoms with van der Waals surface area (Å²) in [5.74, 6) is 2.00. The van der Waals surface area contributed by atoms with Crippen molar-refractivity contribution in [3.05, 3.63) is 91.0 Å². The molecule has 0 radical (unpaired) electrons. The van der Waals surface area contributed by atoms with Crippen LogP contribution in [0.25, 0.3) is 0 Å². The van der Waals surface area contributed by atoms with Crippen LogP contribution >= 0.6 is 6.89 Å². The molecular weight excluding hydrogens is 315 g/mol. The van der Waals surface area contributed by atoms with E-state index < -0.39 is 6.89 Å². The second kappa shape index (κ2) is 8.12. The Morgan fingerprint density at radius 1 is 0.667 bits per heavy atom. The molecule has 0 fully saturated rings. The molecule has 0 aliphatic heterocycles. The second-order valence-corrected chi connectivity index (χ2v) is 8.61. The van der Waals surface area contributed by atoms with Crippen LogP contribution in [0.4, 0.5) is 0 Å². The van der Waals surface area contributed by atoms with Gasteiger partial charge in [0, 0.05) is 14.0 Å². The highest BCUT2D eigenvalue weighted by Crippen LogP contribution is 2.43. The number of ether oxygens (including phenoxy) is 2. The lowest BCUT2D eigenvalue weighted by Crippen LogP contribution is -2.27. The van der Waals surface area contributed by atoms with E-state index in [4.69, 9.17) is 9.47 Å². The van der Waals surface area contributed by atoms with Gasteiger partial charge in [-0.1, -0.05) is 91.0 Å². The summed E-state index contributed by atoms with van der Waals surface area (Å²) in [6.45, 7) is -1.77. The molecule has 0 heterocycles. The first-order chi connectivity index (χ1) is 11.9. The Balaban J connectivity index is 2.31. The maximum Gasteiger partial charge on any atom is 0.151 e. The Morgan fingerprint density at radius 2 is 1.04 bits per heavy atom. The number of rotatable bonds is 6. The summed E-state index contributed by atoms with van der Waals surface area (Å²) in [4.78, 5) is 0. The average molecular weight is 336 g/mol. The summed E-state index contributed by atoms with van der Waals surface area (Å²) in [6.07, 6.45) is 0. The van der Waals surface area contributed by atoms with Crippen molar-refractivity contribution < 1.29 is 9.47 Å². The van der Waals surface area contributed by atoms with Gasteiger partial charge < -0.3 is 9.47 Å². The average Bonchev–Trinajstić information content (AvgIpc) is 2.68. The van der Waals surface area contributed by atoms with E-state index in [-0.39, 0.29) is 6.79 Å². The first kappa shape index (κ1) is 16.7. The summed E-state index contributed by atoms with van der Waals surface area (Å²) in [6, 6.07) is 31.7. The molecule has 122 valence electrons. The minimum atomic E-state index is -2.01. The van der Waals surface area contributed by atoms with Gasteiger partial charge in [-0.15, -0.1) is 0 Å². The van der Waals surface area contributed by atoms with Crippen LogP contribution in [0.2, 0.25) is 0 Å². The molecule has 0 saturated heterocycles. The third kappa shape index (κ3) is 3.37. The number of methoxy groups -OCH3 is 1. The van der Waals surface area contributed by atoms with Crippen molar-refractivity contribution in [1.82, 2.24) is 0 Å². The SMILES string of the molecule is COCOC=P(c1ccccc1)(c1ccccc1)c1ccccc1. The monoisotopic (exact) mass is 336 g/mol. The van der Waals surface area contributed by atoms with Gasteiger partial charge in [0.05, 0.1) is 5.98 Å². The van der Waals surface area contributed by atoms with Gasteiger partial charge in [0.2, 0.25) is 0 Å². The Hall–Kier alpha value is -2.12. The molecular formula is C21H21O2P. The van der Waals surface area contributed by atoms with Crippen LogP contribution in [0.5, 0.6) is 0 Å². The van der Waals surface area contributed by atoms with Crippen LogP contribution in [0.15, 0.2) is 91.0 Å². The molecule has 0 aliphatic rings. The highest BCUT2D eigenvalue weighted by molar-refractivity contribution is 7.94. The van der Waals surface area contributed by atoms with Crippen LogP contribution < -0.4 is 15.9 Å². The van der Waals surface area contributed by atoms with Crippen molar-refractivity contribution in [3.8, 4) is 0 Å². The van der Waals surface area contributed by atoms with Gasteiger partial charge in [-0.3, -0.25) is 0 Å². The lowest BCUT2D eigenvalue weighted by atomic mass is 10.4. The minimum absolute atomic E-state index is 0.244. The molecule has 0 bridgehead atoms. The quantitative estimate of drug-likeness (QED) is 0.390. The third-order valence-electron chi connectivity index (χ3n) is 3.91. The van der Waals surface area contributed by atoms with Crippen molar-refractivity contribution in [2.45, 2.75) is 0 Å². The van der Waals surface area contributed by atoms with Crippen LogP contribution in [-0.4, -0.2) is 19.9 Å². The zero-order valence-corrected chi connectivity index (χ0v) is 14.6. The topological polar surface area (TPSA) is 18.5 Å². The number of benzene rings is 3. The van der Waals surface area contributed by atoms with Gasteiger partial charge in [-0.05, 0) is 15.9 Å². The highest BCUT2D eigenvalue weighted by Gasteiger charge is 2.25. The number of hydrogen-bond acceptors (Lipinski definition) is 2. The van der Waals surface area contributed by atoms with Crippen LogP contribution in [0.1, 0.15) is 0 Å². The van der Waals surface area contributed by atoms with Crippen molar-refractivity contribution >= 4 is 28.8 Å². The van der Waals surface area contributed by atoms with Gasteiger partial charge >= 0.3 is 0 Å². The van der Waals surface area contributed by atoms with E-state index in [1.807, 2.05) is 24.2 Å². The highest BCUT2D eigenvalue weighted by atomic mass is 31.2. The lowest BCUT2D eigenvalue weighted by Gasteiger charge is -2.28. The van der Waals surface area contributed by atoms with E-state index in [9.17, 15) is 0 Å². The standard InChI is InChI=1S/C21H21O2P/c1-22-17-23-18-24(19-11-5-2-6-12-19,20-13-7-3-8-14-20)21-15-9-4-10-16-21/h2-16,18H,17H2,1H3. The predicted octanol–water partition coefficient (Wildman–Crippen LogP) is 3.36. The molecule has 24 heavy (non-hydrogen) atoms. The Labute approximate surface area is 143 Å². The van der Waals surface area contributed by atoms with E-state index in [2.05, 4.69) is 72.8 Å². The Morgan fingerprint density at radius 3 is 1.38 bits per heavy atom. The molecule has 0 N–H and O–H groups in total.